The van der Waals surface area contributed by atoms with Crippen molar-refractivity contribution in [1.82, 2.24) is 14.5 Å². The van der Waals surface area contributed by atoms with Crippen LogP contribution in [0.25, 0.3) is 16.7 Å². The van der Waals surface area contributed by atoms with Gasteiger partial charge >= 0.3 is 6.18 Å². The lowest BCUT2D eigenvalue weighted by molar-refractivity contribution is -0.137. The summed E-state index contributed by atoms with van der Waals surface area (Å²) in [4.78, 5) is 20.9. The number of hydrogen-bond acceptors (Lipinski definition) is 4. The maximum Gasteiger partial charge on any atom is 0.417 e. The Hall–Kier alpha value is -3.07. The number of pyridine rings is 1. The van der Waals surface area contributed by atoms with Crippen LogP contribution in [0, 0.1) is 0 Å². The zero-order valence-corrected chi connectivity index (χ0v) is 16.4. The molecule has 3 heterocycles. The molecule has 1 saturated carbocycles. The van der Waals surface area contributed by atoms with E-state index in [9.17, 15) is 18.0 Å². The molecule has 154 valence electrons. The van der Waals surface area contributed by atoms with Crippen LogP contribution in [0.4, 0.5) is 13.2 Å². The average molecular weight is 431 g/mol. The SMILES string of the molecule is O=c1cc(OCc2cc(C(F)(F)F)cs2)ccn1-c1ccc2nc(C3CC3)[nH]c2c1. The van der Waals surface area contributed by atoms with E-state index in [1.165, 1.54) is 10.6 Å². The van der Waals surface area contributed by atoms with Crippen LogP contribution < -0.4 is 10.3 Å². The van der Waals surface area contributed by atoms with Crippen LogP contribution in [0.2, 0.25) is 0 Å². The van der Waals surface area contributed by atoms with E-state index in [1.807, 2.05) is 18.2 Å². The lowest BCUT2D eigenvalue weighted by atomic mass is 10.2. The molecule has 0 aliphatic heterocycles. The van der Waals surface area contributed by atoms with Gasteiger partial charge in [0.1, 0.15) is 18.2 Å². The number of benzene rings is 1. The molecule has 5 rings (SSSR count). The largest absolute Gasteiger partial charge is 0.488 e. The van der Waals surface area contributed by atoms with Crippen LogP contribution >= 0.6 is 11.3 Å². The van der Waals surface area contributed by atoms with E-state index < -0.39 is 11.7 Å². The molecule has 1 N–H and O–H groups in total. The molecule has 30 heavy (non-hydrogen) atoms. The fourth-order valence-electron chi connectivity index (χ4n) is 3.24. The molecular weight excluding hydrogens is 415 g/mol. The summed E-state index contributed by atoms with van der Waals surface area (Å²) in [7, 11) is 0. The number of hydrogen-bond donors (Lipinski definition) is 1. The quantitative estimate of drug-likeness (QED) is 0.470. The number of alkyl halides is 3. The number of nitrogens with zero attached hydrogens (tertiary/aromatic N) is 2. The molecule has 0 unspecified atom stereocenters. The minimum absolute atomic E-state index is 0.0335. The fraction of sp³-hybridized carbons (Fsp3) is 0.238. The fourth-order valence-corrected chi connectivity index (χ4v) is 4.04. The van der Waals surface area contributed by atoms with Crippen molar-refractivity contribution >= 4 is 22.4 Å². The minimum Gasteiger partial charge on any atom is -0.488 e. The first-order valence-corrected chi connectivity index (χ1v) is 10.2. The summed E-state index contributed by atoms with van der Waals surface area (Å²) in [6, 6.07) is 9.57. The summed E-state index contributed by atoms with van der Waals surface area (Å²) < 4.78 is 45.0. The Morgan fingerprint density at radius 2 is 2.03 bits per heavy atom. The number of thiophene rings is 1. The second-order valence-electron chi connectivity index (χ2n) is 7.26. The van der Waals surface area contributed by atoms with Crippen LogP contribution in [0.1, 0.15) is 35.0 Å². The van der Waals surface area contributed by atoms with Gasteiger partial charge in [0.25, 0.3) is 5.56 Å². The van der Waals surface area contributed by atoms with Gasteiger partial charge in [-0.15, -0.1) is 11.3 Å². The van der Waals surface area contributed by atoms with Crippen molar-refractivity contribution in [1.29, 1.82) is 0 Å². The number of imidazole rings is 1. The van der Waals surface area contributed by atoms with Gasteiger partial charge in [0, 0.05) is 28.4 Å². The minimum atomic E-state index is -4.37. The van der Waals surface area contributed by atoms with E-state index in [1.54, 1.807) is 12.3 Å². The number of ether oxygens (including phenoxy) is 1. The predicted molar refractivity (Wildman–Crippen MR) is 107 cm³/mol. The zero-order chi connectivity index (χ0) is 20.9. The smallest absolute Gasteiger partial charge is 0.417 e. The Bertz CT molecular complexity index is 1280. The number of halogens is 3. The van der Waals surface area contributed by atoms with E-state index >= 15 is 0 Å². The molecule has 1 aliphatic carbocycles. The van der Waals surface area contributed by atoms with Crippen molar-refractivity contribution in [2.75, 3.05) is 0 Å². The molecule has 0 amide bonds. The number of nitrogens with one attached hydrogen (secondary N) is 1. The molecule has 1 aromatic carbocycles. The summed E-state index contributed by atoms with van der Waals surface area (Å²) in [6.07, 6.45) is -0.482. The molecule has 9 heteroatoms. The van der Waals surface area contributed by atoms with Gasteiger partial charge in [-0.05, 0) is 43.2 Å². The molecule has 5 nitrogen and oxygen atoms in total. The molecule has 3 aromatic heterocycles. The van der Waals surface area contributed by atoms with Gasteiger partial charge < -0.3 is 9.72 Å². The van der Waals surface area contributed by atoms with Crippen molar-refractivity contribution in [2.45, 2.75) is 31.5 Å². The number of H-pyrrole nitrogens is 1. The maximum atomic E-state index is 12.7. The van der Waals surface area contributed by atoms with E-state index in [2.05, 4.69) is 9.97 Å². The van der Waals surface area contributed by atoms with Gasteiger partial charge in [0.05, 0.1) is 22.3 Å². The molecule has 1 aliphatic rings. The predicted octanol–water partition coefficient (Wildman–Crippen LogP) is 5.25. The summed E-state index contributed by atoms with van der Waals surface area (Å²) >= 11 is 0.972. The maximum absolute atomic E-state index is 12.7. The summed E-state index contributed by atoms with van der Waals surface area (Å²) in [5, 5.41) is 1.05. The highest BCUT2D eigenvalue weighted by atomic mass is 32.1. The van der Waals surface area contributed by atoms with Gasteiger partial charge in [-0.2, -0.15) is 13.2 Å². The monoisotopic (exact) mass is 431 g/mol. The van der Waals surface area contributed by atoms with Gasteiger partial charge in [0.2, 0.25) is 0 Å². The third-order valence-electron chi connectivity index (χ3n) is 4.98. The van der Waals surface area contributed by atoms with Crippen molar-refractivity contribution in [3.63, 3.8) is 0 Å². The highest BCUT2D eigenvalue weighted by Gasteiger charge is 2.31. The van der Waals surface area contributed by atoms with Crippen molar-refractivity contribution < 1.29 is 17.9 Å². The van der Waals surface area contributed by atoms with Crippen molar-refractivity contribution in [2.24, 2.45) is 0 Å². The van der Waals surface area contributed by atoms with Crippen molar-refractivity contribution in [3.8, 4) is 11.4 Å². The summed E-state index contributed by atoms with van der Waals surface area (Å²) in [5.41, 5.74) is 1.44. The summed E-state index contributed by atoms with van der Waals surface area (Å²) in [5.74, 6) is 1.80. The molecule has 4 aromatic rings. The van der Waals surface area contributed by atoms with Crippen molar-refractivity contribution in [3.05, 3.63) is 74.6 Å². The standard InChI is InChI=1S/C21H16F3N3O2S/c22-21(23,24)13-7-16(30-11-13)10-29-15-5-6-27(19(28)9-15)14-3-4-17-18(8-14)26-20(25-17)12-1-2-12/h3-9,11-12H,1-2,10H2,(H,25,26). The Labute approximate surface area is 172 Å². The van der Waals surface area contributed by atoms with Gasteiger partial charge in [-0.1, -0.05) is 0 Å². The number of aromatic nitrogens is 3. The summed E-state index contributed by atoms with van der Waals surface area (Å²) in [6.45, 7) is -0.0335. The van der Waals surface area contributed by atoms with Crippen LogP contribution in [-0.2, 0) is 12.8 Å². The topological polar surface area (TPSA) is 59.9 Å². The average Bonchev–Trinajstić information content (AvgIpc) is 3.27. The Morgan fingerprint density at radius 1 is 1.20 bits per heavy atom. The van der Waals surface area contributed by atoms with E-state index in [0.29, 0.717) is 22.2 Å². The second kappa shape index (κ2) is 7.02. The molecule has 0 saturated heterocycles. The van der Waals surface area contributed by atoms with Crippen LogP contribution in [0.5, 0.6) is 5.75 Å². The second-order valence-corrected chi connectivity index (χ2v) is 8.25. The van der Waals surface area contributed by atoms with Crippen LogP contribution in [0.15, 0.2) is 52.8 Å². The highest BCUT2D eigenvalue weighted by molar-refractivity contribution is 7.10. The molecular formula is C21H16F3N3O2S. The first-order valence-electron chi connectivity index (χ1n) is 9.37. The highest BCUT2D eigenvalue weighted by Crippen LogP contribution is 2.39. The number of fused-ring (bicyclic) bond motifs is 1. The first-order chi connectivity index (χ1) is 14.4. The lowest BCUT2D eigenvalue weighted by Crippen LogP contribution is -2.16. The van der Waals surface area contributed by atoms with E-state index in [-0.39, 0.29) is 12.2 Å². The van der Waals surface area contributed by atoms with Gasteiger partial charge in [0.15, 0.2) is 0 Å². The van der Waals surface area contributed by atoms with Crippen LogP contribution in [-0.4, -0.2) is 14.5 Å². The van der Waals surface area contributed by atoms with Gasteiger partial charge in [-0.25, -0.2) is 4.98 Å². The molecule has 0 bridgehead atoms. The Kier molecular flexibility index (Phi) is 4.43. The third kappa shape index (κ3) is 3.72. The van der Waals surface area contributed by atoms with Gasteiger partial charge in [-0.3, -0.25) is 9.36 Å². The Morgan fingerprint density at radius 3 is 2.73 bits per heavy atom. The normalized spacial score (nSPS) is 14.4. The first kappa shape index (κ1) is 18.9. The third-order valence-corrected chi connectivity index (χ3v) is 5.89. The lowest BCUT2D eigenvalue weighted by Gasteiger charge is -2.08. The number of rotatable bonds is 5. The van der Waals surface area contributed by atoms with E-state index in [4.69, 9.17) is 4.74 Å². The molecule has 1 fully saturated rings. The molecule has 0 radical (unpaired) electrons. The molecule has 0 spiro atoms. The zero-order valence-electron chi connectivity index (χ0n) is 15.6. The molecule has 0 atom stereocenters. The number of aromatic amines is 1. The van der Waals surface area contributed by atoms with Crippen LogP contribution in [0.3, 0.4) is 0 Å². The van der Waals surface area contributed by atoms with E-state index in [0.717, 1.165) is 52.5 Å². The Balaban J connectivity index is 1.33.